The van der Waals surface area contributed by atoms with Crippen LogP contribution >= 0.6 is 0 Å². The van der Waals surface area contributed by atoms with Crippen molar-refractivity contribution in [3.05, 3.63) is 69.2 Å². The van der Waals surface area contributed by atoms with Crippen molar-refractivity contribution >= 4 is 33.4 Å². The van der Waals surface area contributed by atoms with E-state index in [4.69, 9.17) is 0 Å². The summed E-state index contributed by atoms with van der Waals surface area (Å²) in [5.41, 5.74) is 0.387. The number of aromatic amines is 2. The normalized spacial score (nSPS) is 15.2. The van der Waals surface area contributed by atoms with Gasteiger partial charge in [-0.1, -0.05) is 30.3 Å². The van der Waals surface area contributed by atoms with Crippen molar-refractivity contribution in [3.8, 4) is 0 Å². The van der Waals surface area contributed by atoms with E-state index in [0.29, 0.717) is 34.8 Å². The van der Waals surface area contributed by atoms with Crippen molar-refractivity contribution in [3.63, 3.8) is 0 Å². The maximum absolute atomic E-state index is 12.2. The molecule has 2 aromatic heterocycles. The summed E-state index contributed by atoms with van der Waals surface area (Å²) in [4.78, 5) is 33.8. The van der Waals surface area contributed by atoms with E-state index in [1.165, 1.54) is 0 Å². The molecule has 1 aliphatic heterocycles. The average molecular weight is 432 g/mol. The lowest BCUT2D eigenvalue weighted by molar-refractivity contribution is 0.226. The summed E-state index contributed by atoms with van der Waals surface area (Å²) in [5, 5.41) is 15.6. The van der Waals surface area contributed by atoms with Gasteiger partial charge in [-0.25, -0.2) is 10.1 Å². The number of anilines is 2. The summed E-state index contributed by atoms with van der Waals surface area (Å²) in [6, 6.07) is 15.1. The molecule has 32 heavy (non-hydrogen) atoms. The van der Waals surface area contributed by atoms with Crippen LogP contribution in [0.25, 0.3) is 21.7 Å². The third-order valence-electron chi connectivity index (χ3n) is 5.96. The largest absolute Gasteiger partial charge is 0.365 e. The van der Waals surface area contributed by atoms with Gasteiger partial charge in [-0.2, -0.15) is 5.10 Å². The third kappa shape index (κ3) is 4.19. The van der Waals surface area contributed by atoms with Crippen LogP contribution in [-0.2, 0) is 0 Å². The SMILES string of the molecule is O=c1[nH]c(NCCN2CCC(Nc3n[nH]c(=O)c4ccccc34)CC2)nc2ccccc12. The number of benzene rings is 2. The Hall–Kier alpha value is -3.72. The van der Waals surface area contributed by atoms with Gasteiger partial charge >= 0.3 is 0 Å². The van der Waals surface area contributed by atoms with Gasteiger partial charge in [0, 0.05) is 37.6 Å². The van der Waals surface area contributed by atoms with E-state index in [1.807, 2.05) is 42.5 Å². The molecule has 0 saturated carbocycles. The number of hydrogen-bond donors (Lipinski definition) is 4. The molecule has 2 aromatic carbocycles. The van der Waals surface area contributed by atoms with Crippen molar-refractivity contribution in [1.82, 2.24) is 25.1 Å². The second kappa shape index (κ2) is 8.80. The molecule has 0 atom stereocenters. The van der Waals surface area contributed by atoms with Gasteiger partial charge in [-0.15, -0.1) is 0 Å². The highest BCUT2D eigenvalue weighted by molar-refractivity contribution is 5.90. The smallest absolute Gasteiger partial charge is 0.272 e. The third-order valence-corrected chi connectivity index (χ3v) is 5.96. The molecule has 0 radical (unpaired) electrons. The lowest BCUT2D eigenvalue weighted by Gasteiger charge is -2.32. The number of hydrogen-bond acceptors (Lipinski definition) is 7. The van der Waals surface area contributed by atoms with E-state index < -0.39 is 0 Å². The Kier molecular flexibility index (Phi) is 5.55. The van der Waals surface area contributed by atoms with Gasteiger partial charge in [0.25, 0.3) is 11.1 Å². The van der Waals surface area contributed by atoms with Crippen LogP contribution in [-0.4, -0.2) is 57.3 Å². The number of H-pyrrole nitrogens is 2. The van der Waals surface area contributed by atoms with Gasteiger partial charge in [-0.05, 0) is 31.0 Å². The number of para-hydroxylation sites is 1. The van der Waals surface area contributed by atoms with E-state index in [-0.39, 0.29) is 11.1 Å². The molecule has 1 fully saturated rings. The minimum Gasteiger partial charge on any atom is -0.365 e. The fourth-order valence-electron chi connectivity index (χ4n) is 4.22. The van der Waals surface area contributed by atoms with E-state index in [1.54, 1.807) is 6.07 Å². The summed E-state index contributed by atoms with van der Waals surface area (Å²) >= 11 is 0. The summed E-state index contributed by atoms with van der Waals surface area (Å²) in [7, 11) is 0. The number of likely N-dealkylation sites (tertiary alicyclic amines) is 1. The predicted octanol–water partition coefficient (Wildman–Crippen LogP) is 2.15. The van der Waals surface area contributed by atoms with Crippen LogP contribution in [0.15, 0.2) is 58.1 Å². The number of nitrogens with one attached hydrogen (secondary N) is 4. The minimum absolute atomic E-state index is 0.131. The fraction of sp³-hybridized carbons (Fsp3) is 0.304. The van der Waals surface area contributed by atoms with E-state index in [2.05, 4.69) is 35.7 Å². The lowest BCUT2D eigenvalue weighted by atomic mass is 10.0. The highest BCUT2D eigenvalue weighted by Gasteiger charge is 2.20. The maximum Gasteiger partial charge on any atom is 0.272 e. The van der Waals surface area contributed by atoms with Gasteiger partial charge in [0.2, 0.25) is 5.95 Å². The zero-order valence-corrected chi connectivity index (χ0v) is 17.6. The summed E-state index contributed by atoms with van der Waals surface area (Å²) in [6.45, 7) is 3.49. The van der Waals surface area contributed by atoms with Crippen molar-refractivity contribution in [2.45, 2.75) is 18.9 Å². The van der Waals surface area contributed by atoms with Crippen LogP contribution in [0.3, 0.4) is 0 Å². The van der Waals surface area contributed by atoms with Gasteiger partial charge in [0.15, 0.2) is 5.82 Å². The minimum atomic E-state index is -0.171. The number of nitrogens with zero attached hydrogens (tertiary/aromatic N) is 3. The van der Waals surface area contributed by atoms with Crippen LogP contribution < -0.4 is 21.8 Å². The Balaban J connectivity index is 1.14. The van der Waals surface area contributed by atoms with E-state index >= 15 is 0 Å². The molecule has 1 saturated heterocycles. The molecule has 0 unspecified atom stereocenters. The molecular formula is C23H25N7O2. The number of rotatable bonds is 6. The second-order valence-corrected chi connectivity index (χ2v) is 8.07. The van der Waals surface area contributed by atoms with Crippen LogP contribution in [0.4, 0.5) is 11.8 Å². The van der Waals surface area contributed by atoms with Gasteiger partial charge in [0.1, 0.15) is 0 Å². The molecule has 5 rings (SSSR count). The number of aromatic nitrogens is 4. The Morgan fingerprint density at radius 3 is 2.47 bits per heavy atom. The molecule has 1 aliphatic rings. The summed E-state index contributed by atoms with van der Waals surface area (Å²) in [5.74, 6) is 1.23. The quantitative estimate of drug-likeness (QED) is 0.369. The molecule has 9 heteroatoms. The second-order valence-electron chi connectivity index (χ2n) is 8.07. The van der Waals surface area contributed by atoms with Crippen molar-refractivity contribution in [2.24, 2.45) is 0 Å². The topological polar surface area (TPSA) is 119 Å². The molecule has 4 N–H and O–H groups in total. The monoisotopic (exact) mass is 431 g/mol. The lowest BCUT2D eigenvalue weighted by Crippen LogP contribution is -2.41. The van der Waals surface area contributed by atoms with E-state index in [0.717, 1.165) is 43.7 Å². The molecule has 0 spiro atoms. The number of fused-ring (bicyclic) bond motifs is 2. The highest BCUT2D eigenvalue weighted by atomic mass is 16.1. The van der Waals surface area contributed by atoms with Crippen LogP contribution in [0, 0.1) is 0 Å². The predicted molar refractivity (Wildman–Crippen MR) is 126 cm³/mol. The zero-order valence-electron chi connectivity index (χ0n) is 17.6. The first-order valence-corrected chi connectivity index (χ1v) is 10.9. The fourth-order valence-corrected chi connectivity index (χ4v) is 4.22. The van der Waals surface area contributed by atoms with Gasteiger partial charge < -0.3 is 15.5 Å². The summed E-state index contributed by atoms with van der Waals surface area (Å²) in [6.07, 6.45) is 1.97. The highest BCUT2D eigenvalue weighted by Crippen LogP contribution is 2.21. The van der Waals surface area contributed by atoms with Gasteiger partial charge in [0.05, 0.1) is 16.3 Å². The number of piperidine rings is 1. The Morgan fingerprint density at radius 1 is 0.938 bits per heavy atom. The van der Waals surface area contributed by atoms with Crippen molar-refractivity contribution < 1.29 is 0 Å². The average Bonchev–Trinajstić information content (AvgIpc) is 2.82. The molecule has 3 heterocycles. The molecule has 0 bridgehead atoms. The van der Waals surface area contributed by atoms with Crippen LogP contribution in [0.5, 0.6) is 0 Å². The molecule has 4 aromatic rings. The van der Waals surface area contributed by atoms with Crippen molar-refractivity contribution in [2.75, 3.05) is 36.8 Å². The molecule has 164 valence electrons. The summed E-state index contributed by atoms with van der Waals surface area (Å²) < 4.78 is 0. The first-order valence-electron chi connectivity index (χ1n) is 10.9. The molecule has 9 nitrogen and oxygen atoms in total. The van der Waals surface area contributed by atoms with Crippen LogP contribution in [0.1, 0.15) is 12.8 Å². The van der Waals surface area contributed by atoms with E-state index in [9.17, 15) is 9.59 Å². The molecule has 0 amide bonds. The van der Waals surface area contributed by atoms with Crippen molar-refractivity contribution in [1.29, 1.82) is 0 Å². The maximum atomic E-state index is 12.2. The van der Waals surface area contributed by atoms with Crippen LogP contribution in [0.2, 0.25) is 0 Å². The standard InChI is InChI=1S/C23H25N7O2/c31-21-18-7-3-4-8-19(18)26-23(27-21)24-11-14-30-12-9-15(10-13-30)25-20-16-5-1-2-6-17(16)22(32)29-28-20/h1-8,15H,9-14H2,(H,25,28)(H,29,32)(H2,24,26,27,31). The first-order chi connectivity index (χ1) is 15.7. The Labute approximate surface area is 183 Å². The molecular weight excluding hydrogens is 406 g/mol. The zero-order chi connectivity index (χ0) is 21.9. The first kappa shape index (κ1) is 20.2. The Bertz CT molecular complexity index is 1360. The Morgan fingerprint density at radius 2 is 1.66 bits per heavy atom. The molecule has 0 aliphatic carbocycles. The van der Waals surface area contributed by atoms with Gasteiger partial charge in [-0.3, -0.25) is 14.6 Å².